The van der Waals surface area contributed by atoms with Crippen LogP contribution in [0.1, 0.15) is 57.8 Å². The first kappa shape index (κ1) is 34.4. The molecule has 5 rings (SSSR count). The summed E-state index contributed by atoms with van der Waals surface area (Å²) in [5.74, 6) is -2.04. The average molecular weight is 590 g/mol. The molecule has 1 heterocycles. The van der Waals surface area contributed by atoms with Gasteiger partial charge in [-0.3, -0.25) is 0 Å². The van der Waals surface area contributed by atoms with Gasteiger partial charge < -0.3 is 33.7 Å². The number of carboxylic acids is 2. The first-order valence-electron chi connectivity index (χ1n) is 14.1. The molecular formula is C32H33NNa2O7. The van der Waals surface area contributed by atoms with Gasteiger partial charge in [0.25, 0.3) is 0 Å². The van der Waals surface area contributed by atoms with Crippen LogP contribution in [0.15, 0.2) is 59.0 Å². The Morgan fingerprint density at radius 1 is 0.833 bits per heavy atom. The Balaban J connectivity index is 0.00000242. The molecule has 42 heavy (non-hydrogen) atoms. The number of hydrogen-bond acceptors (Lipinski definition) is 8. The standard InChI is InChI=1S/C32H35NO7.2Na/c34-31(35)27(32(36)37)9-5-2-6-16-38-25-13-12-22-17-24(11-10-23(22)18-25)30-33-28-15-14-26(19-29(28)40-30)39-20-21-7-3-1-4-8-21;;/h10-15,17-19,21,27H,1-9,16,20H2,(H,34,35)(H,36,37);;/q;2*+1/p-2. The number of oxazole rings is 1. The monoisotopic (exact) mass is 589 g/mol. The molecule has 0 bridgehead atoms. The molecule has 210 valence electrons. The molecule has 1 aromatic heterocycles. The Morgan fingerprint density at radius 2 is 1.52 bits per heavy atom. The van der Waals surface area contributed by atoms with Crippen molar-refractivity contribution in [1.29, 1.82) is 0 Å². The number of carbonyl (C=O) groups excluding carboxylic acids is 2. The van der Waals surface area contributed by atoms with Crippen LogP contribution in [-0.2, 0) is 9.59 Å². The van der Waals surface area contributed by atoms with Crippen LogP contribution in [0.2, 0.25) is 0 Å². The Labute approximate surface area is 289 Å². The second kappa shape index (κ2) is 16.7. The zero-order valence-corrected chi connectivity index (χ0v) is 28.4. The van der Waals surface area contributed by atoms with Crippen molar-refractivity contribution < 1.29 is 92.8 Å². The molecule has 1 saturated carbocycles. The van der Waals surface area contributed by atoms with Gasteiger partial charge in [-0.1, -0.05) is 44.2 Å². The zero-order valence-electron chi connectivity index (χ0n) is 24.4. The van der Waals surface area contributed by atoms with E-state index in [0.717, 1.165) is 40.0 Å². The van der Waals surface area contributed by atoms with E-state index in [1.54, 1.807) is 0 Å². The van der Waals surface area contributed by atoms with Gasteiger partial charge >= 0.3 is 59.1 Å². The van der Waals surface area contributed by atoms with Crippen molar-refractivity contribution >= 4 is 33.8 Å². The third-order valence-electron chi connectivity index (χ3n) is 7.60. The molecule has 0 amide bonds. The number of fused-ring (bicyclic) bond motifs is 2. The minimum atomic E-state index is -1.60. The van der Waals surface area contributed by atoms with Gasteiger partial charge in [0, 0.05) is 17.5 Å². The number of nitrogens with zero attached hydrogens (tertiary/aromatic N) is 1. The molecular weight excluding hydrogens is 556 g/mol. The maximum atomic E-state index is 10.8. The van der Waals surface area contributed by atoms with Gasteiger partial charge in [-0.05, 0) is 78.8 Å². The fraction of sp³-hybridized carbons (Fsp3) is 0.406. The van der Waals surface area contributed by atoms with Gasteiger partial charge in [-0.25, -0.2) is 4.98 Å². The van der Waals surface area contributed by atoms with E-state index in [-0.39, 0.29) is 65.5 Å². The molecule has 10 heteroatoms. The van der Waals surface area contributed by atoms with Crippen LogP contribution >= 0.6 is 0 Å². The van der Waals surface area contributed by atoms with E-state index in [4.69, 9.17) is 13.9 Å². The number of ether oxygens (including phenoxy) is 2. The Morgan fingerprint density at radius 3 is 2.29 bits per heavy atom. The van der Waals surface area contributed by atoms with Crippen LogP contribution in [-0.4, -0.2) is 30.1 Å². The van der Waals surface area contributed by atoms with E-state index in [1.807, 2.05) is 54.6 Å². The van der Waals surface area contributed by atoms with Crippen molar-refractivity contribution in [3.05, 3.63) is 54.6 Å². The van der Waals surface area contributed by atoms with Crippen LogP contribution < -0.4 is 78.8 Å². The molecule has 0 atom stereocenters. The molecule has 1 fully saturated rings. The average Bonchev–Trinajstić information content (AvgIpc) is 3.39. The Hall–Kier alpha value is -2.07. The fourth-order valence-corrected chi connectivity index (χ4v) is 5.28. The summed E-state index contributed by atoms with van der Waals surface area (Å²) in [5.41, 5.74) is 2.38. The molecule has 0 N–H and O–H groups in total. The minimum Gasteiger partial charge on any atom is -0.549 e. The molecule has 0 saturated heterocycles. The zero-order chi connectivity index (χ0) is 27.9. The van der Waals surface area contributed by atoms with Crippen molar-refractivity contribution in [2.75, 3.05) is 13.2 Å². The molecule has 0 radical (unpaired) electrons. The van der Waals surface area contributed by atoms with Crippen LogP contribution in [0, 0.1) is 11.8 Å². The summed E-state index contributed by atoms with van der Waals surface area (Å²) < 4.78 is 18.0. The van der Waals surface area contributed by atoms with Gasteiger partial charge in [-0.15, -0.1) is 0 Å². The maximum Gasteiger partial charge on any atom is 1.00 e. The summed E-state index contributed by atoms with van der Waals surface area (Å²) in [5, 5.41) is 23.7. The number of aliphatic carboxylic acids is 2. The first-order chi connectivity index (χ1) is 19.5. The number of rotatable bonds is 13. The van der Waals surface area contributed by atoms with Crippen molar-refractivity contribution in [2.24, 2.45) is 11.8 Å². The van der Waals surface area contributed by atoms with E-state index < -0.39 is 17.9 Å². The molecule has 8 nitrogen and oxygen atoms in total. The largest absolute Gasteiger partial charge is 1.00 e. The first-order valence-corrected chi connectivity index (χ1v) is 14.1. The number of aromatic nitrogens is 1. The van der Waals surface area contributed by atoms with Gasteiger partial charge in [0.1, 0.15) is 17.0 Å². The Bertz CT molecular complexity index is 1470. The number of carbonyl (C=O) groups is 2. The summed E-state index contributed by atoms with van der Waals surface area (Å²) in [7, 11) is 0. The predicted molar refractivity (Wildman–Crippen MR) is 146 cm³/mol. The molecule has 0 spiro atoms. The van der Waals surface area contributed by atoms with Gasteiger partial charge in [0.15, 0.2) is 5.58 Å². The van der Waals surface area contributed by atoms with Crippen molar-refractivity contribution in [3.8, 4) is 23.0 Å². The molecule has 1 aliphatic carbocycles. The van der Waals surface area contributed by atoms with Crippen molar-refractivity contribution in [2.45, 2.75) is 57.8 Å². The topological polar surface area (TPSA) is 125 Å². The summed E-state index contributed by atoms with van der Waals surface area (Å²) >= 11 is 0. The molecule has 0 aliphatic heterocycles. The van der Waals surface area contributed by atoms with E-state index in [9.17, 15) is 19.8 Å². The van der Waals surface area contributed by atoms with Crippen LogP contribution in [0.5, 0.6) is 11.5 Å². The quantitative estimate of drug-likeness (QED) is 0.107. The van der Waals surface area contributed by atoms with Gasteiger partial charge in [0.05, 0.1) is 25.2 Å². The second-order valence-electron chi connectivity index (χ2n) is 10.6. The third kappa shape index (κ3) is 9.21. The van der Waals surface area contributed by atoms with Gasteiger partial charge in [0.2, 0.25) is 5.89 Å². The van der Waals surface area contributed by atoms with Gasteiger partial charge in [-0.2, -0.15) is 0 Å². The number of unbranched alkanes of at least 4 members (excludes halogenated alkanes) is 2. The normalized spacial score (nSPS) is 13.5. The summed E-state index contributed by atoms with van der Waals surface area (Å²) in [6.45, 7) is 1.19. The van der Waals surface area contributed by atoms with Crippen LogP contribution in [0.25, 0.3) is 33.3 Å². The maximum absolute atomic E-state index is 10.8. The predicted octanol–water partition coefficient (Wildman–Crippen LogP) is -1.33. The summed E-state index contributed by atoms with van der Waals surface area (Å²) in [6.07, 6.45) is 8.18. The number of benzene rings is 3. The number of carboxylic acid groups (broad SMARTS) is 2. The van der Waals surface area contributed by atoms with E-state index in [1.165, 1.54) is 32.1 Å². The molecule has 1 aliphatic rings. The second-order valence-corrected chi connectivity index (χ2v) is 10.6. The van der Waals surface area contributed by atoms with Crippen molar-refractivity contribution in [3.63, 3.8) is 0 Å². The van der Waals surface area contributed by atoms with E-state index in [0.29, 0.717) is 43.3 Å². The van der Waals surface area contributed by atoms with Crippen molar-refractivity contribution in [1.82, 2.24) is 4.98 Å². The Kier molecular flexibility index (Phi) is 13.7. The summed E-state index contributed by atoms with van der Waals surface area (Å²) in [4.78, 5) is 26.3. The SMILES string of the molecule is O=C([O-])C(CCCCCOc1ccc2cc(-c3nc4ccc(OCC5CCCCC5)cc4o3)ccc2c1)C(=O)[O-].[Na+].[Na+]. The third-order valence-corrected chi connectivity index (χ3v) is 7.60. The molecule has 3 aromatic carbocycles. The summed E-state index contributed by atoms with van der Waals surface area (Å²) in [6, 6.07) is 17.7. The van der Waals surface area contributed by atoms with E-state index >= 15 is 0 Å². The molecule has 4 aromatic rings. The fourth-order valence-electron chi connectivity index (χ4n) is 5.28. The van der Waals surface area contributed by atoms with Crippen LogP contribution in [0.3, 0.4) is 0 Å². The molecule has 0 unspecified atom stereocenters. The number of hydrogen-bond donors (Lipinski definition) is 0. The van der Waals surface area contributed by atoms with E-state index in [2.05, 4.69) is 4.98 Å². The smallest absolute Gasteiger partial charge is 0.549 e. The van der Waals surface area contributed by atoms with Crippen LogP contribution in [0.4, 0.5) is 0 Å². The minimum absolute atomic E-state index is 0.